The Morgan fingerprint density at radius 3 is 2.56 bits per heavy atom. The molecule has 0 aromatic heterocycles. The molecule has 102 valence electrons. The van der Waals surface area contributed by atoms with E-state index in [2.05, 4.69) is 11.7 Å². The van der Waals surface area contributed by atoms with Crippen LogP contribution in [0.1, 0.15) is 50.7 Å². The maximum atomic E-state index is 12.2. The van der Waals surface area contributed by atoms with Crippen molar-refractivity contribution < 1.29 is 18.6 Å². The summed E-state index contributed by atoms with van der Waals surface area (Å²) >= 11 is 0. The van der Waals surface area contributed by atoms with E-state index in [1.54, 1.807) is 18.2 Å². The zero-order valence-electron chi connectivity index (χ0n) is 10.6. The average molecular weight is 258 g/mol. The van der Waals surface area contributed by atoms with E-state index >= 15 is 0 Å². The van der Waals surface area contributed by atoms with Crippen LogP contribution >= 0.6 is 0 Å². The standard InChI is InChI=1S/C14H20F2O2/c1-2-3-4-5-9-12(17)11-8-6-7-10-13(11)18-14(15)16/h6-8,10,12,14,17H,2-5,9H2,1H3. The predicted octanol–water partition coefficient (Wildman–Crippen LogP) is 4.29. The fourth-order valence-electron chi connectivity index (χ4n) is 1.88. The number of halogens is 2. The molecule has 18 heavy (non-hydrogen) atoms. The molecule has 0 radical (unpaired) electrons. The quantitative estimate of drug-likeness (QED) is 0.705. The Bertz CT molecular complexity index is 342. The van der Waals surface area contributed by atoms with Gasteiger partial charge in [-0.2, -0.15) is 8.78 Å². The molecule has 0 aliphatic carbocycles. The molecule has 1 atom stereocenters. The average Bonchev–Trinajstić information content (AvgIpc) is 2.34. The van der Waals surface area contributed by atoms with E-state index in [4.69, 9.17) is 0 Å². The van der Waals surface area contributed by atoms with Crippen LogP contribution in [0.15, 0.2) is 24.3 Å². The molecular formula is C14H20F2O2. The first-order valence-electron chi connectivity index (χ1n) is 6.37. The number of hydrogen-bond donors (Lipinski definition) is 1. The topological polar surface area (TPSA) is 29.5 Å². The zero-order chi connectivity index (χ0) is 13.4. The van der Waals surface area contributed by atoms with Crippen LogP contribution in [0.2, 0.25) is 0 Å². The van der Waals surface area contributed by atoms with Crippen LogP contribution in [0.3, 0.4) is 0 Å². The maximum Gasteiger partial charge on any atom is 0.387 e. The lowest BCUT2D eigenvalue weighted by Gasteiger charge is -2.15. The minimum atomic E-state index is -2.86. The lowest BCUT2D eigenvalue weighted by molar-refractivity contribution is -0.0516. The molecule has 0 heterocycles. The highest BCUT2D eigenvalue weighted by Gasteiger charge is 2.15. The van der Waals surface area contributed by atoms with Gasteiger partial charge >= 0.3 is 6.61 Å². The number of aliphatic hydroxyl groups is 1. The van der Waals surface area contributed by atoms with E-state index in [9.17, 15) is 13.9 Å². The van der Waals surface area contributed by atoms with Gasteiger partial charge in [0.15, 0.2) is 0 Å². The van der Waals surface area contributed by atoms with Crippen molar-refractivity contribution in [1.82, 2.24) is 0 Å². The number of benzene rings is 1. The zero-order valence-corrected chi connectivity index (χ0v) is 10.6. The molecule has 0 saturated carbocycles. The Labute approximate surface area is 107 Å². The SMILES string of the molecule is CCCCCCC(O)c1ccccc1OC(F)F. The molecule has 1 unspecified atom stereocenters. The number of hydrogen-bond acceptors (Lipinski definition) is 2. The Morgan fingerprint density at radius 2 is 1.89 bits per heavy atom. The van der Waals surface area contributed by atoms with Gasteiger partial charge in [0.2, 0.25) is 0 Å². The number of unbranched alkanes of at least 4 members (excludes halogenated alkanes) is 3. The third-order valence-corrected chi connectivity index (χ3v) is 2.83. The molecule has 1 rings (SSSR count). The van der Waals surface area contributed by atoms with Crippen molar-refractivity contribution in [2.45, 2.75) is 51.7 Å². The molecule has 0 saturated heterocycles. The van der Waals surface area contributed by atoms with Gasteiger partial charge in [-0.3, -0.25) is 0 Å². The largest absolute Gasteiger partial charge is 0.434 e. The minimum Gasteiger partial charge on any atom is -0.434 e. The van der Waals surface area contributed by atoms with E-state index in [-0.39, 0.29) is 5.75 Å². The van der Waals surface area contributed by atoms with Gasteiger partial charge in [-0.1, -0.05) is 50.8 Å². The van der Waals surface area contributed by atoms with Crippen molar-refractivity contribution in [1.29, 1.82) is 0 Å². The summed E-state index contributed by atoms with van der Waals surface area (Å²) in [6.45, 7) is -0.749. The summed E-state index contributed by atoms with van der Waals surface area (Å²) in [5.41, 5.74) is 0.439. The highest BCUT2D eigenvalue weighted by molar-refractivity contribution is 5.35. The molecule has 0 bridgehead atoms. The van der Waals surface area contributed by atoms with Gasteiger partial charge in [-0.25, -0.2) is 0 Å². The highest BCUT2D eigenvalue weighted by atomic mass is 19.3. The van der Waals surface area contributed by atoms with Crippen LogP contribution in [-0.4, -0.2) is 11.7 Å². The molecule has 0 aliphatic heterocycles. The van der Waals surface area contributed by atoms with Crippen LogP contribution in [-0.2, 0) is 0 Å². The Kier molecular flexibility index (Phi) is 6.65. The van der Waals surface area contributed by atoms with Gasteiger partial charge in [-0.05, 0) is 12.5 Å². The Balaban J connectivity index is 2.57. The second kappa shape index (κ2) is 8.03. The third-order valence-electron chi connectivity index (χ3n) is 2.83. The summed E-state index contributed by atoms with van der Waals surface area (Å²) in [5.74, 6) is 0.0653. The van der Waals surface area contributed by atoms with E-state index in [0.29, 0.717) is 12.0 Å². The van der Waals surface area contributed by atoms with Crippen LogP contribution in [0, 0.1) is 0 Å². The lowest BCUT2D eigenvalue weighted by Crippen LogP contribution is -2.07. The Hall–Kier alpha value is -1.16. The number of para-hydroxylation sites is 1. The highest BCUT2D eigenvalue weighted by Crippen LogP contribution is 2.29. The summed E-state index contributed by atoms with van der Waals surface area (Å²) in [7, 11) is 0. The van der Waals surface area contributed by atoms with Gasteiger partial charge in [0.1, 0.15) is 5.75 Å². The van der Waals surface area contributed by atoms with Crippen LogP contribution in [0.25, 0.3) is 0 Å². The number of alkyl halides is 2. The molecule has 1 aromatic rings. The van der Waals surface area contributed by atoms with Crippen LogP contribution < -0.4 is 4.74 Å². The van der Waals surface area contributed by atoms with E-state index in [1.165, 1.54) is 6.07 Å². The van der Waals surface area contributed by atoms with Gasteiger partial charge in [-0.15, -0.1) is 0 Å². The molecule has 0 aliphatic rings. The molecule has 4 heteroatoms. The fraction of sp³-hybridized carbons (Fsp3) is 0.571. The summed E-state index contributed by atoms with van der Waals surface area (Å²) in [5, 5.41) is 9.99. The monoisotopic (exact) mass is 258 g/mol. The first kappa shape index (κ1) is 14.9. The molecular weight excluding hydrogens is 238 g/mol. The van der Waals surface area contributed by atoms with Crippen molar-refractivity contribution >= 4 is 0 Å². The van der Waals surface area contributed by atoms with Crippen molar-refractivity contribution in [3.63, 3.8) is 0 Å². The van der Waals surface area contributed by atoms with Crippen molar-refractivity contribution in [3.05, 3.63) is 29.8 Å². The van der Waals surface area contributed by atoms with E-state index < -0.39 is 12.7 Å². The second-order valence-electron chi connectivity index (χ2n) is 4.28. The van der Waals surface area contributed by atoms with Crippen LogP contribution in [0.4, 0.5) is 8.78 Å². The second-order valence-corrected chi connectivity index (χ2v) is 4.28. The smallest absolute Gasteiger partial charge is 0.387 e. The number of aliphatic hydroxyl groups excluding tert-OH is 1. The summed E-state index contributed by atoms with van der Waals surface area (Å²) in [4.78, 5) is 0. The van der Waals surface area contributed by atoms with E-state index in [1.807, 2.05) is 0 Å². The number of rotatable bonds is 8. The Morgan fingerprint density at radius 1 is 1.17 bits per heavy atom. The summed E-state index contributed by atoms with van der Waals surface area (Å²) < 4.78 is 28.8. The molecule has 1 N–H and O–H groups in total. The van der Waals surface area contributed by atoms with Crippen molar-refractivity contribution in [2.24, 2.45) is 0 Å². The first-order valence-corrected chi connectivity index (χ1v) is 6.37. The molecule has 0 spiro atoms. The van der Waals surface area contributed by atoms with Crippen LogP contribution in [0.5, 0.6) is 5.75 Å². The molecule has 1 aromatic carbocycles. The molecule has 0 fully saturated rings. The lowest BCUT2D eigenvalue weighted by atomic mass is 10.0. The van der Waals surface area contributed by atoms with Crippen molar-refractivity contribution in [3.8, 4) is 5.75 Å². The normalized spacial score (nSPS) is 12.7. The third kappa shape index (κ3) is 5.00. The fourth-order valence-corrected chi connectivity index (χ4v) is 1.88. The summed E-state index contributed by atoms with van der Waals surface area (Å²) in [6, 6.07) is 6.41. The van der Waals surface area contributed by atoms with Crippen molar-refractivity contribution in [2.75, 3.05) is 0 Å². The summed E-state index contributed by atoms with van der Waals surface area (Å²) in [6.07, 6.45) is 4.02. The first-order chi connectivity index (χ1) is 8.65. The van der Waals surface area contributed by atoms with E-state index in [0.717, 1.165) is 25.7 Å². The molecule has 0 amide bonds. The van der Waals surface area contributed by atoms with Gasteiger partial charge in [0.25, 0.3) is 0 Å². The van der Waals surface area contributed by atoms with Gasteiger partial charge in [0.05, 0.1) is 6.10 Å². The molecule has 2 nitrogen and oxygen atoms in total. The van der Waals surface area contributed by atoms with Gasteiger partial charge < -0.3 is 9.84 Å². The maximum absolute atomic E-state index is 12.2. The minimum absolute atomic E-state index is 0.0653. The predicted molar refractivity (Wildman–Crippen MR) is 66.8 cm³/mol. The van der Waals surface area contributed by atoms with Gasteiger partial charge in [0, 0.05) is 5.56 Å². The number of ether oxygens (including phenoxy) is 1.